The number of nitrogens with zero attached hydrogens (tertiary/aromatic N) is 1. The molecule has 210 valence electrons. The number of carboxylic acid groups (broad SMARTS) is 1. The molecule has 6 nitrogen and oxygen atoms in total. The van der Waals surface area contributed by atoms with Gasteiger partial charge in [0.2, 0.25) is 0 Å². The van der Waals surface area contributed by atoms with Crippen LogP contribution in [0.15, 0.2) is 72.8 Å². The fraction of sp³-hybridized carbons (Fsp3) is 0.273. The van der Waals surface area contributed by atoms with E-state index >= 15 is 0 Å². The third kappa shape index (κ3) is 8.83. The first-order chi connectivity index (χ1) is 18.9. The van der Waals surface area contributed by atoms with E-state index in [-0.39, 0.29) is 6.42 Å². The first-order valence-corrected chi connectivity index (χ1v) is 13.3. The van der Waals surface area contributed by atoms with Crippen molar-refractivity contribution in [3.05, 3.63) is 100 Å². The molecule has 0 aliphatic heterocycles. The normalized spacial score (nSPS) is 10.9. The summed E-state index contributed by atoms with van der Waals surface area (Å²) in [4.78, 5) is 16.4. The number of benzene rings is 3. The molecule has 4 rings (SSSR count). The Morgan fingerprint density at radius 3 is 1.85 bits per heavy atom. The van der Waals surface area contributed by atoms with Crippen molar-refractivity contribution in [3.8, 4) is 33.8 Å². The maximum Gasteiger partial charge on any atom is 0.307 e. The molecule has 0 unspecified atom stereocenters. The standard InChI is InChI=1S/C29H26ClNO4.C4H10O/c1-18-26(16-27(32)33)29(22-6-10-23(30)11-7-22)28(19(2)31-18)21-8-14-25(15-9-21)35-17-20-4-12-24(34-3)13-5-20;1-4(2,3)5/h4-15H,16-17H2,1-3H3,(H,32,33);5H,1-3H3. The van der Waals surface area contributed by atoms with Crippen molar-refractivity contribution in [2.75, 3.05) is 7.11 Å². The molecule has 0 saturated carbocycles. The number of hydrogen-bond acceptors (Lipinski definition) is 5. The van der Waals surface area contributed by atoms with E-state index < -0.39 is 11.6 Å². The van der Waals surface area contributed by atoms with Gasteiger partial charge in [0.05, 0.1) is 19.1 Å². The summed E-state index contributed by atoms with van der Waals surface area (Å²) in [6.07, 6.45) is -0.118. The van der Waals surface area contributed by atoms with Crippen LogP contribution in [0, 0.1) is 13.8 Å². The zero-order valence-electron chi connectivity index (χ0n) is 23.8. The molecule has 1 heterocycles. The number of carbonyl (C=O) groups is 1. The van der Waals surface area contributed by atoms with Gasteiger partial charge >= 0.3 is 5.97 Å². The number of hydrogen-bond donors (Lipinski definition) is 2. The highest BCUT2D eigenvalue weighted by atomic mass is 35.5. The maximum absolute atomic E-state index is 11.7. The predicted molar refractivity (Wildman–Crippen MR) is 160 cm³/mol. The number of aryl methyl sites for hydroxylation is 2. The zero-order chi connectivity index (χ0) is 29.4. The molecule has 0 spiro atoms. The Kier molecular flexibility index (Phi) is 10.3. The van der Waals surface area contributed by atoms with Gasteiger partial charge in [-0.1, -0.05) is 48.0 Å². The summed E-state index contributed by atoms with van der Waals surface area (Å²) in [5, 5.41) is 18.7. The van der Waals surface area contributed by atoms with E-state index in [9.17, 15) is 9.90 Å². The van der Waals surface area contributed by atoms with Gasteiger partial charge in [-0.15, -0.1) is 0 Å². The molecule has 0 radical (unpaired) electrons. The molecule has 0 fully saturated rings. The van der Waals surface area contributed by atoms with Crippen molar-refractivity contribution in [2.45, 2.75) is 53.2 Å². The Morgan fingerprint density at radius 2 is 1.32 bits per heavy atom. The highest BCUT2D eigenvalue weighted by Gasteiger charge is 2.20. The molecule has 0 amide bonds. The second-order valence-corrected chi connectivity index (χ2v) is 10.9. The van der Waals surface area contributed by atoms with Gasteiger partial charge < -0.3 is 19.7 Å². The summed E-state index contributed by atoms with van der Waals surface area (Å²) in [5.41, 5.74) is 6.36. The summed E-state index contributed by atoms with van der Waals surface area (Å²) in [5.74, 6) is 0.641. The number of rotatable bonds is 8. The molecule has 2 N–H and O–H groups in total. The van der Waals surface area contributed by atoms with E-state index in [0.29, 0.717) is 22.9 Å². The van der Waals surface area contributed by atoms with Crippen LogP contribution in [0.5, 0.6) is 11.5 Å². The van der Waals surface area contributed by atoms with Crippen LogP contribution < -0.4 is 9.47 Å². The van der Waals surface area contributed by atoms with Gasteiger partial charge in [-0.3, -0.25) is 9.78 Å². The van der Waals surface area contributed by atoms with Crippen molar-refractivity contribution in [2.24, 2.45) is 0 Å². The smallest absolute Gasteiger partial charge is 0.307 e. The van der Waals surface area contributed by atoms with Crippen molar-refractivity contribution >= 4 is 17.6 Å². The first-order valence-electron chi connectivity index (χ1n) is 12.9. The van der Waals surface area contributed by atoms with Gasteiger partial charge in [-0.05, 0) is 98.8 Å². The van der Waals surface area contributed by atoms with E-state index in [2.05, 4.69) is 4.98 Å². The van der Waals surface area contributed by atoms with Gasteiger partial charge in [0.25, 0.3) is 0 Å². The van der Waals surface area contributed by atoms with Gasteiger partial charge in [-0.25, -0.2) is 0 Å². The molecule has 40 heavy (non-hydrogen) atoms. The summed E-state index contributed by atoms with van der Waals surface area (Å²) < 4.78 is 11.2. The number of carboxylic acids is 1. The number of aromatic nitrogens is 1. The van der Waals surface area contributed by atoms with Crippen LogP contribution in [0.2, 0.25) is 5.02 Å². The number of pyridine rings is 1. The van der Waals surface area contributed by atoms with Crippen LogP contribution in [0.1, 0.15) is 43.3 Å². The Morgan fingerprint density at radius 1 is 0.825 bits per heavy atom. The largest absolute Gasteiger partial charge is 0.497 e. The Labute approximate surface area is 241 Å². The van der Waals surface area contributed by atoms with E-state index in [1.54, 1.807) is 27.9 Å². The highest BCUT2D eigenvalue weighted by Crippen LogP contribution is 2.39. The minimum Gasteiger partial charge on any atom is -0.497 e. The van der Waals surface area contributed by atoms with Crippen LogP contribution in [-0.2, 0) is 17.8 Å². The minimum atomic E-state index is -0.901. The zero-order valence-corrected chi connectivity index (χ0v) is 24.5. The molecule has 4 aromatic rings. The average molecular weight is 562 g/mol. The lowest BCUT2D eigenvalue weighted by Gasteiger charge is -2.19. The molecule has 3 aromatic carbocycles. The molecule has 1 aromatic heterocycles. The number of ether oxygens (including phenoxy) is 2. The quantitative estimate of drug-likeness (QED) is 0.229. The second kappa shape index (κ2) is 13.5. The lowest BCUT2D eigenvalue weighted by Crippen LogP contribution is -2.10. The van der Waals surface area contributed by atoms with Crippen molar-refractivity contribution in [3.63, 3.8) is 0 Å². The molecule has 0 bridgehead atoms. The molecule has 0 atom stereocenters. The average Bonchev–Trinajstić information content (AvgIpc) is 2.89. The van der Waals surface area contributed by atoms with Crippen LogP contribution >= 0.6 is 11.6 Å². The fourth-order valence-electron chi connectivity index (χ4n) is 4.15. The second-order valence-electron chi connectivity index (χ2n) is 10.4. The molecule has 7 heteroatoms. The van der Waals surface area contributed by atoms with Crippen LogP contribution in [0.3, 0.4) is 0 Å². The van der Waals surface area contributed by atoms with Gasteiger partial charge in [0.1, 0.15) is 18.1 Å². The minimum absolute atomic E-state index is 0.118. The summed E-state index contributed by atoms with van der Waals surface area (Å²) in [6.45, 7) is 9.46. The fourth-order valence-corrected chi connectivity index (χ4v) is 4.28. The van der Waals surface area contributed by atoms with E-state index in [4.69, 9.17) is 26.2 Å². The van der Waals surface area contributed by atoms with Gasteiger partial charge in [0, 0.05) is 22.0 Å². The van der Waals surface area contributed by atoms with Gasteiger partial charge in [0.15, 0.2) is 0 Å². The lowest BCUT2D eigenvalue weighted by atomic mass is 9.88. The first kappa shape index (κ1) is 30.7. The van der Waals surface area contributed by atoms with E-state index in [0.717, 1.165) is 45.0 Å². The molecule has 0 saturated heterocycles. The maximum atomic E-state index is 11.7. The summed E-state index contributed by atoms with van der Waals surface area (Å²) in [7, 11) is 1.64. The molecule has 0 aliphatic rings. The van der Waals surface area contributed by atoms with Crippen molar-refractivity contribution in [1.29, 1.82) is 0 Å². The topological polar surface area (TPSA) is 88.9 Å². The van der Waals surface area contributed by atoms with Crippen LogP contribution in [0.25, 0.3) is 22.3 Å². The SMILES string of the molecule is CC(C)(C)O.COc1ccc(COc2ccc(-c3c(C)nc(C)c(CC(=O)O)c3-c3ccc(Cl)cc3)cc2)cc1. The van der Waals surface area contributed by atoms with E-state index in [1.165, 1.54) is 0 Å². The highest BCUT2D eigenvalue weighted by molar-refractivity contribution is 6.30. The summed E-state index contributed by atoms with van der Waals surface area (Å²) in [6, 6.07) is 23.0. The Balaban J connectivity index is 0.000000810. The summed E-state index contributed by atoms with van der Waals surface area (Å²) >= 11 is 6.12. The molecular weight excluding hydrogens is 526 g/mol. The van der Waals surface area contributed by atoms with Gasteiger partial charge in [-0.2, -0.15) is 0 Å². The van der Waals surface area contributed by atoms with Crippen LogP contribution in [0.4, 0.5) is 0 Å². The van der Waals surface area contributed by atoms with Crippen molar-refractivity contribution < 1.29 is 24.5 Å². The molecule has 0 aliphatic carbocycles. The van der Waals surface area contributed by atoms with Crippen molar-refractivity contribution in [1.82, 2.24) is 4.98 Å². The number of halogens is 1. The lowest BCUT2D eigenvalue weighted by molar-refractivity contribution is -0.136. The predicted octanol–water partition coefficient (Wildman–Crippen LogP) is 7.68. The third-order valence-corrected chi connectivity index (χ3v) is 6.11. The Bertz CT molecular complexity index is 1420. The van der Waals surface area contributed by atoms with E-state index in [1.807, 2.05) is 86.6 Å². The van der Waals surface area contributed by atoms with Crippen LogP contribution in [-0.4, -0.2) is 33.9 Å². The monoisotopic (exact) mass is 561 g/mol. The number of aliphatic hydroxyl groups is 1. The Hall–Kier alpha value is -3.87. The molecular formula is C33H36ClNO5. The number of methoxy groups -OCH3 is 1. The third-order valence-electron chi connectivity index (χ3n) is 5.85. The number of aliphatic carboxylic acids is 1.